The van der Waals surface area contributed by atoms with E-state index < -0.39 is 10.0 Å². The summed E-state index contributed by atoms with van der Waals surface area (Å²) in [7, 11) is -1.88. The van der Waals surface area contributed by atoms with Crippen LogP contribution in [0, 0.1) is 0 Å². The monoisotopic (exact) mass is 367 g/mol. The van der Waals surface area contributed by atoms with Gasteiger partial charge in [-0.2, -0.15) is 4.31 Å². The van der Waals surface area contributed by atoms with Crippen molar-refractivity contribution in [3.8, 4) is 0 Å². The molecule has 2 heterocycles. The van der Waals surface area contributed by atoms with Gasteiger partial charge in [0.25, 0.3) is 0 Å². The predicted octanol–water partition coefficient (Wildman–Crippen LogP) is 3.31. The van der Waals surface area contributed by atoms with Crippen molar-refractivity contribution < 1.29 is 8.42 Å². The Morgan fingerprint density at radius 2 is 2.00 bits per heavy atom. The molecule has 3 rings (SSSR count). The summed E-state index contributed by atoms with van der Waals surface area (Å²) in [5, 5.41) is 1.11. The minimum absolute atomic E-state index is 0.113. The van der Waals surface area contributed by atoms with Gasteiger partial charge in [-0.15, -0.1) is 11.3 Å². The molecule has 0 aliphatic heterocycles. The summed E-state index contributed by atoms with van der Waals surface area (Å²) in [6, 6.07) is 11.0. The van der Waals surface area contributed by atoms with Gasteiger partial charge >= 0.3 is 0 Å². The number of aromatic nitrogens is 2. The Balaban J connectivity index is 1.75. The standard InChI is InChI=1S/C15H14ClN3O2S2/c1-19(9-15-18-12-4-2-3-5-13(12)22-15)23(20,21)10-11-6-7-14(16)17-8-11/h2-8H,9-10H2,1H3. The van der Waals surface area contributed by atoms with E-state index in [9.17, 15) is 8.42 Å². The zero-order chi connectivity index (χ0) is 16.4. The van der Waals surface area contributed by atoms with Crippen LogP contribution in [0.3, 0.4) is 0 Å². The van der Waals surface area contributed by atoms with Gasteiger partial charge in [-0.05, 0) is 23.8 Å². The van der Waals surface area contributed by atoms with Crippen molar-refractivity contribution in [3.05, 3.63) is 58.3 Å². The van der Waals surface area contributed by atoms with Crippen LogP contribution in [0.2, 0.25) is 5.15 Å². The average molecular weight is 368 g/mol. The fraction of sp³-hybridized carbons (Fsp3) is 0.200. The highest BCUT2D eigenvalue weighted by molar-refractivity contribution is 7.88. The van der Waals surface area contributed by atoms with E-state index in [4.69, 9.17) is 11.6 Å². The van der Waals surface area contributed by atoms with Crippen LogP contribution in [-0.4, -0.2) is 29.7 Å². The minimum atomic E-state index is -3.44. The summed E-state index contributed by atoms with van der Waals surface area (Å²) >= 11 is 7.22. The van der Waals surface area contributed by atoms with Gasteiger partial charge in [-0.3, -0.25) is 0 Å². The average Bonchev–Trinajstić information content (AvgIpc) is 2.91. The lowest BCUT2D eigenvalue weighted by Crippen LogP contribution is -2.27. The molecule has 0 unspecified atom stereocenters. The quantitative estimate of drug-likeness (QED) is 0.649. The third-order valence-corrected chi connectivity index (χ3v) is 6.33. The number of fused-ring (bicyclic) bond motifs is 1. The van der Waals surface area contributed by atoms with Crippen molar-refractivity contribution in [2.75, 3.05) is 7.05 Å². The second-order valence-corrected chi connectivity index (χ2v) is 8.66. The number of thiazole rings is 1. The Morgan fingerprint density at radius 3 is 2.70 bits per heavy atom. The molecular formula is C15H14ClN3O2S2. The van der Waals surface area contributed by atoms with Crippen molar-refractivity contribution in [2.45, 2.75) is 12.3 Å². The minimum Gasteiger partial charge on any atom is -0.244 e. The molecule has 0 bridgehead atoms. The summed E-state index contributed by atoms with van der Waals surface area (Å²) < 4.78 is 27.3. The van der Waals surface area contributed by atoms with Crippen molar-refractivity contribution in [3.63, 3.8) is 0 Å². The summed E-state index contributed by atoms with van der Waals surface area (Å²) in [6.07, 6.45) is 1.48. The second kappa shape index (κ2) is 6.52. The molecule has 0 radical (unpaired) electrons. The Labute approximate surface area is 143 Å². The number of halogens is 1. The Morgan fingerprint density at radius 1 is 1.22 bits per heavy atom. The van der Waals surface area contributed by atoms with E-state index in [0.717, 1.165) is 15.2 Å². The predicted molar refractivity (Wildman–Crippen MR) is 93.0 cm³/mol. The molecule has 0 atom stereocenters. The number of pyridine rings is 1. The SMILES string of the molecule is CN(Cc1nc2ccccc2s1)S(=O)(=O)Cc1ccc(Cl)nc1. The van der Waals surface area contributed by atoms with Crippen molar-refractivity contribution >= 4 is 43.2 Å². The highest BCUT2D eigenvalue weighted by Gasteiger charge is 2.20. The lowest BCUT2D eigenvalue weighted by molar-refractivity contribution is 0.465. The van der Waals surface area contributed by atoms with Gasteiger partial charge in [-0.25, -0.2) is 18.4 Å². The molecule has 1 aromatic carbocycles. The van der Waals surface area contributed by atoms with Crippen LogP contribution in [0.25, 0.3) is 10.2 Å². The Bertz CT molecular complexity index is 890. The molecule has 0 spiro atoms. The van der Waals surface area contributed by atoms with E-state index in [1.807, 2.05) is 24.3 Å². The maximum absolute atomic E-state index is 12.4. The Kier molecular flexibility index (Phi) is 4.63. The van der Waals surface area contributed by atoms with Gasteiger partial charge in [0, 0.05) is 13.2 Å². The summed E-state index contributed by atoms with van der Waals surface area (Å²) in [5.74, 6) is -0.113. The highest BCUT2D eigenvalue weighted by Crippen LogP contribution is 2.23. The number of hydrogen-bond donors (Lipinski definition) is 0. The highest BCUT2D eigenvalue weighted by atomic mass is 35.5. The second-order valence-electron chi connectivity index (χ2n) is 5.08. The number of nitrogens with zero attached hydrogens (tertiary/aromatic N) is 3. The largest absolute Gasteiger partial charge is 0.244 e. The lowest BCUT2D eigenvalue weighted by Gasteiger charge is -2.15. The van der Waals surface area contributed by atoms with E-state index in [1.165, 1.54) is 21.8 Å². The molecule has 5 nitrogen and oxygen atoms in total. The van der Waals surface area contributed by atoms with Gasteiger partial charge in [-0.1, -0.05) is 29.8 Å². The van der Waals surface area contributed by atoms with Crippen LogP contribution in [0.5, 0.6) is 0 Å². The molecule has 0 aliphatic rings. The normalized spacial score (nSPS) is 12.1. The van der Waals surface area contributed by atoms with E-state index >= 15 is 0 Å². The molecular weight excluding hydrogens is 354 g/mol. The first-order valence-corrected chi connectivity index (χ1v) is 9.63. The van der Waals surface area contributed by atoms with E-state index in [0.29, 0.717) is 10.7 Å². The molecule has 3 aromatic rings. The molecule has 8 heteroatoms. The van der Waals surface area contributed by atoms with Crippen LogP contribution in [-0.2, 0) is 22.3 Å². The molecule has 0 N–H and O–H groups in total. The van der Waals surface area contributed by atoms with Gasteiger partial charge in [0.15, 0.2) is 0 Å². The molecule has 0 saturated carbocycles. The van der Waals surface area contributed by atoms with Crippen LogP contribution in [0.4, 0.5) is 0 Å². The lowest BCUT2D eigenvalue weighted by atomic mass is 10.3. The number of para-hydroxylation sites is 1. The fourth-order valence-electron chi connectivity index (χ4n) is 2.09. The topological polar surface area (TPSA) is 63.2 Å². The van der Waals surface area contributed by atoms with Gasteiger partial charge in [0.1, 0.15) is 10.2 Å². The molecule has 120 valence electrons. The van der Waals surface area contributed by atoms with Crippen molar-refractivity contribution in [2.24, 2.45) is 0 Å². The summed E-state index contributed by atoms with van der Waals surface area (Å²) in [5.41, 5.74) is 1.49. The molecule has 0 fully saturated rings. The third-order valence-electron chi connectivity index (χ3n) is 3.31. The van der Waals surface area contributed by atoms with Crippen LogP contribution in [0.15, 0.2) is 42.6 Å². The van der Waals surface area contributed by atoms with Crippen LogP contribution in [0.1, 0.15) is 10.6 Å². The first-order valence-electron chi connectivity index (χ1n) is 6.83. The molecule has 0 saturated heterocycles. The Hall–Kier alpha value is -1.54. The van der Waals surface area contributed by atoms with Gasteiger partial charge in [0.2, 0.25) is 10.0 Å². The fourth-order valence-corrected chi connectivity index (χ4v) is 4.43. The zero-order valence-corrected chi connectivity index (χ0v) is 14.7. The van der Waals surface area contributed by atoms with Crippen molar-refractivity contribution in [1.82, 2.24) is 14.3 Å². The number of benzene rings is 1. The maximum Gasteiger partial charge on any atom is 0.218 e. The number of hydrogen-bond acceptors (Lipinski definition) is 5. The third kappa shape index (κ3) is 3.87. The first kappa shape index (κ1) is 16.3. The molecule has 2 aromatic heterocycles. The summed E-state index contributed by atoms with van der Waals surface area (Å²) in [6.45, 7) is 0.253. The van der Waals surface area contributed by atoms with E-state index in [2.05, 4.69) is 9.97 Å². The smallest absolute Gasteiger partial charge is 0.218 e. The van der Waals surface area contributed by atoms with Crippen molar-refractivity contribution in [1.29, 1.82) is 0 Å². The van der Waals surface area contributed by atoms with E-state index in [-0.39, 0.29) is 12.3 Å². The number of sulfonamides is 1. The first-order chi connectivity index (χ1) is 10.9. The molecule has 0 aliphatic carbocycles. The summed E-state index contributed by atoms with van der Waals surface area (Å²) in [4.78, 5) is 8.38. The van der Waals surface area contributed by atoms with Gasteiger partial charge < -0.3 is 0 Å². The van der Waals surface area contributed by atoms with Crippen LogP contribution < -0.4 is 0 Å². The maximum atomic E-state index is 12.4. The molecule has 23 heavy (non-hydrogen) atoms. The van der Waals surface area contributed by atoms with Crippen LogP contribution >= 0.6 is 22.9 Å². The molecule has 0 amide bonds. The van der Waals surface area contributed by atoms with Gasteiger partial charge in [0.05, 0.1) is 22.5 Å². The zero-order valence-electron chi connectivity index (χ0n) is 12.3. The number of rotatable bonds is 5. The van der Waals surface area contributed by atoms with E-state index in [1.54, 1.807) is 19.2 Å².